The van der Waals surface area contributed by atoms with E-state index in [9.17, 15) is 17.9 Å². The first-order valence-electron chi connectivity index (χ1n) is 7.55. The van der Waals surface area contributed by atoms with Crippen LogP contribution in [-0.2, 0) is 9.84 Å². The van der Waals surface area contributed by atoms with Crippen molar-refractivity contribution in [1.29, 1.82) is 0 Å². The summed E-state index contributed by atoms with van der Waals surface area (Å²) < 4.78 is 44.3. The maximum Gasteiger partial charge on any atom is 0.210 e. The number of phenolic OH excluding ortho intramolecular Hbond substituents is 1. The largest absolute Gasteiger partial charge is 0.507 e. The second-order valence-electron chi connectivity index (χ2n) is 5.57. The van der Waals surface area contributed by atoms with Gasteiger partial charge in [-0.05, 0) is 55.0 Å². The van der Waals surface area contributed by atoms with E-state index in [1.165, 1.54) is 18.2 Å². The summed E-state index contributed by atoms with van der Waals surface area (Å²) in [6.07, 6.45) is 0. The molecule has 0 atom stereocenters. The highest BCUT2D eigenvalue weighted by atomic mass is 35.5. The summed E-state index contributed by atoms with van der Waals surface area (Å²) in [5.41, 5.74) is 0.772. The van der Waals surface area contributed by atoms with Crippen LogP contribution in [0.4, 0.5) is 4.39 Å². The zero-order chi connectivity index (χ0) is 18.9. The highest BCUT2D eigenvalue weighted by Gasteiger charge is 2.23. The van der Waals surface area contributed by atoms with Crippen LogP contribution in [0, 0.1) is 12.7 Å². The van der Waals surface area contributed by atoms with Crippen LogP contribution in [0.15, 0.2) is 70.5 Å². The SMILES string of the molecule is Cc1cccc(Cl)c1Oc1ccc(O)c(S(=O)(=O)c2ccc(F)cc2)c1. The highest BCUT2D eigenvalue weighted by molar-refractivity contribution is 7.91. The van der Waals surface area contributed by atoms with Crippen molar-refractivity contribution in [2.24, 2.45) is 0 Å². The number of hydrogen-bond acceptors (Lipinski definition) is 4. The Morgan fingerprint density at radius 2 is 1.73 bits per heavy atom. The maximum absolute atomic E-state index is 13.1. The molecule has 3 aromatic rings. The average Bonchev–Trinajstić information content (AvgIpc) is 2.60. The van der Waals surface area contributed by atoms with Crippen LogP contribution in [0.2, 0.25) is 5.02 Å². The van der Waals surface area contributed by atoms with Crippen molar-refractivity contribution >= 4 is 21.4 Å². The summed E-state index contributed by atoms with van der Waals surface area (Å²) in [5, 5.41) is 10.4. The fourth-order valence-electron chi connectivity index (χ4n) is 2.38. The van der Waals surface area contributed by atoms with Crippen LogP contribution in [0.3, 0.4) is 0 Å². The molecule has 134 valence electrons. The Balaban J connectivity index is 2.04. The van der Waals surface area contributed by atoms with E-state index in [-0.39, 0.29) is 15.5 Å². The van der Waals surface area contributed by atoms with Gasteiger partial charge in [-0.3, -0.25) is 0 Å². The van der Waals surface area contributed by atoms with Crippen LogP contribution < -0.4 is 4.74 Å². The molecule has 26 heavy (non-hydrogen) atoms. The molecule has 0 fully saturated rings. The van der Waals surface area contributed by atoms with E-state index in [2.05, 4.69) is 0 Å². The van der Waals surface area contributed by atoms with Crippen LogP contribution in [0.5, 0.6) is 17.2 Å². The van der Waals surface area contributed by atoms with E-state index >= 15 is 0 Å². The van der Waals surface area contributed by atoms with Crippen LogP contribution in [-0.4, -0.2) is 13.5 Å². The molecular formula is C19H14ClFO4S. The predicted octanol–water partition coefficient (Wildman–Crippen LogP) is 5.12. The minimum absolute atomic E-state index is 0.139. The van der Waals surface area contributed by atoms with E-state index < -0.39 is 21.4 Å². The lowest BCUT2D eigenvalue weighted by Crippen LogP contribution is -2.03. The lowest BCUT2D eigenvalue weighted by atomic mass is 10.2. The monoisotopic (exact) mass is 392 g/mol. The third-order valence-electron chi connectivity index (χ3n) is 3.73. The van der Waals surface area contributed by atoms with E-state index in [1.807, 2.05) is 0 Å². The number of benzene rings is 3. The third kappa shape index (κ3) is 3.52. The Bertz CT molecular complexity index is 1040. The zero-order valence-electron chi connectivity index (χ0n) is 13.6. The van der Waals surface area contributed by atoms with E-state index in [0.717, 1.165) is 29.8 Å². The van der Waals surface area contributed by atoms with Crippen molar-refractivity contribution in [2.45, 2.75) is 16.7 Å². The second kappa shape index (κ2) is 6.97. The molecule has 4 nitrogen and oxygen atoms in total. The molecule has 0 unspecified atom stereocenters. The van der Waals surface area contributed by atoms with Gasteiger partial charge in [-0.15, -0.1) is 0 Å². The molecule has 0 spiro atoms. The zero-order valence-corrected chi connectivity index (χ0v) is 15.2. The molecule has 0 saturated carbocycles. The summed E-state index contributed by atoms with van der Waals surface area (Å²) in [5.74, 6) is -0.401. The number of hydrogen-bond donors (Lipinski definition) is 1. The molecule has 0 bridgehead atoms. The molecule has 0 amide bonds. The minimum atomic E-state index is -4.05. The Morgan fingerprint density at radius 3 is 2.38 bits per heavy atom. The Labute approximate surface area is 155 Å². The maximum atomic E-state index is 13.1. The number of ether oxygens (including phenoxy) is 1. The molecule has 1 N–H and O–H groups in total. The molecule has 0 radical (unpaired) electrons. The second-order valence-corrected chi connectivity index (χ2v) is 7.90. The molecule has 3 aromatic carbocycles. The first-order valence-corrected chi connectivity index (χ1v) is 9.42. The van der Waals surface area contributed by atoms with Gasteiger partial charge in [0.25, 0.3) is 0 Å². The third-order valence-corrected chi connectivity index (χ3v) is 5.82. The standard InChI is InChI=1S/C19H14ClFO4S/c1-12-3-2-4-16(20)19(12)25-14-7-10-17(22)18(11-14)26(23,24)15-8-5-13(21)6-9-15/h2-11,22H,1H3. The van der Waals surface area contributed by atoms with Gasteiger partial charge in [-0.25, -0.2) is 12.8 Å². The predicted molar refractivity (Wildman–Crippen MR) is 96.2 cm³/mol. The lowest BCUT2D eigenvalue weighted by molar-refractivity contribution is 0.448. The van der Waals surface area contributed by atoms with Crippen molar-refractivity contribution in [1.82, 2.24) is 0 Å². The number of phenols is 1. The molecule has 0 saturated heterocycles. The van der Waals surface area contributed by atoms with Gasteiger partial charge in [-0.1, -0.05) is 23.7 Å². The lowest BCUT2D eigenvalue weighted by Gasteiger charge is -2.13. The molecule has 0 heterocycles. The van der Waals surface area contributed by atoms with Gasteiger partial charge >= 0.3 is 0 Å². The summed E-state index contributed by atoms with van der Waals surface area (Å²) in [7, 11) is -4.05. The summed E-state index contributed by atoms with van der Waals surface area (Å²) in [6, 6.07) is 13.4. The van der Waals surface area contributed by atoms with Crippen molar-refractivity contribution < 1.29 is 22.7 Å². The topological polar surface area (TPSA) is 63.6 Å². The van der Waals surface area contributed by atoms with Gasteiger partial charge in [0.05, 0.1) is 9.92 Å². The summed E-state index contributed by atoms with van der Waals surface area (Å²) in [6.45, 7) is 1.80. The van der Waals surface area contributed by atoms with Crippen molar-refractivity contribution in [3.05, 3.63) is 77.1 Å². The van der Waals surface area contributed by atoms with Gasteiger partial charge < -0.3 is 9.84 Å². The molecule has 0 aliphatic heterocycles. The first-order chi connectivity index (χ1) is 12.3. The number of aromatic hydroxyl groups is 1. The fraction of sp³-hybridized carbons (Fsp3) is 0.0526. The first kappa shape index (κ1) is 18.2. The quantitative estimate of drug-likeness (QED) is 0.626. The molecular weight excluding hydrogens is 379 g/mol. The molecule has 0 aliphatic rings. The molecule has 0 aliphatic carbocycles. The van der Waals surface area contributed by atoms with E-state index in [4.69, 9.17) is 16.3 Å². The Morgan fingerprint density at radius 1 is 1.04 bits per heavy atom. The van der Waals surface area contributed by atoms with Crippen LogP contribution >= 0.6 is 11.6 Å². The minimum Gasteiger partial charge on any atom is -0.507 e. The van der Waals surface area contributed by atoms with Crippen molar-refractivity contribution in [3.8, 4) is 17.2 Å². The smallest absolute Gasteiger partial charge is 0.210 e. The average molecular weight is 393 g/mol. The Kier molecular flexibility index (Phi) is 4.89. The number of aryl methyl sites for hydroxylation is 1. The van der Waals surface area contributed by atoms with Gasteiger partial charge in [0.2, 0.25) is 9.84 Å². The normalized spacial score (nSPS) is 11.3. The highest BCUT2D eigenvalue weighted by Crippen LogP contribution is 2.36. The Hall–Kier alpha value is -2.57. The van der Waals surface area contributed by atoms with E-state index in [1.54, 1.807) is 25.1 Å². The number of para-hydroxylation sites is 1. The van der Waals surface area contributed by atoms with Gasteiger partial charge in [0.1, 0.15) is 28.0 Å². The summed E-state index contributed by atoms with van der Waals surface area (Å²) >= 11 is 6.12. The molecule has 3 rings (SSSR count). The fourth-order valence-corrected chi connectivity index (χ4v) is 4.00. The van der Waals surface area contributed by atoms with Gasteiger partial charge in [-0.2, -0.15) is 0 Å². The number of rotatable bonds is 4. The number of sulfone groups is 1. The van der Waals surface area contributed by atoms with E-state index in [0.29, 0.717) is 10.8 Å². The van der Waals surface area contributed by atoms with Crippen molar-refractivity contribution in [2.75, 3.05) is 0 Å². The van der Waals surface area contributed by atoms with Gasteiger partial charge in [0.15, 0.2) is 0 Å². The summed E-state index contributed by atoms with van der Waals surface area (Å²) in [4.78, 5) is -0.480. The molecule has 0 aromatic heterocycles. The van der Waals surface area contributed by atoms with Crippen LogP contribution in [0.25, 0.3) is 0 Å². The van der Waals surface area contributed by atoms with Crippen LogP contribution in [0.1, 0.15) is 5.56 Å². The number of halogens is 2. The van der Waals surface area contributed by atoms with Crippen molar-refractivity contribution in [3.63, 3.8) is 0 Å². The van der Waals surface area contributed by atoms with Gasteiger partial charge in [0, 0.05) is 6.07 Å². The molecule has 7 heteroatoms.